The van der Waals surface area contributed by atoms with Gasteiger partial charge in [-0.25, -0.2) is 22.2 Å². The summed E-state index contributed by atoms with van der Waals surface area (Å²) in [5.74, 6) is -0.948. The summed E-state index contributed by atoms with van der Waals surface area (Å²) in [6, 6.07) is 0.660. The number of hydrogen-bond donors (Lipinski definition) is 1. The van der Waals surface area contributed by atoms with E-state index in [-0.39, 0.29) is 0 Å². The van der Waals surface area contributed by atoms with Gasteiger partial charge < -0.3 is 5.11 Å². The van der Waals surface area contributed by atoms with E-state index in [4.69, 9.17) is 27.4 Å². The Morgan fingerprint density at radius 3 is 2.40 bits per heavy atom. The number of pyridine rings is 1. The summed E-state index contributed by atoms with van der Waals surface area (Å²) in [5, 5.41) is 7.50. The molecule has 0 saturated heterocycles. The lowest BCUT2D eigenvalue weighted by molar-refractivity contribution is 0.145. The normalized spacial score (nSPS) is 12.1. The van der Waals surface area contributed by atoms with Crippen molar-refractivity contribution in [2.75, 3.05) is 0 Å². The van der Waals surface area contributed by atoms with Crippen molar-refractivity contribution in [1.29, 1.82) is 0 Å². The van der Waals surface area contributed by atoms with E-state index in [1.807, 2.05) is 0 Å². The van der Waals surface area contributed by atoms with Crippen LogP contribution in [0.15, 0.2) is 11.1 Å². The molecule has 0 bridgehead atoms. The molecule has 1 N–H and O–H groups in total. The molecule has 0 saturated carbocycles. The first-order valence-corrected chi connectivity index (χ1v) is 6.04. The van der Waals surface area contributed by atoms with Gasteiger partial charge in [0.1, 0.15) is 5.69 Å². The van der Waals surface area contributed by atoms with Crippen LogP contribution in [0.3, 0.4) is 0 Å². The molecular formula is C6H3Cl2F2NO3S. The Kier molecular flexibility index (Phi) is 3.37. The van der Waals surface area contributed by atoms with Crippen LogP contribution in [0.4, 0.5) is 8.78 Å². The van der Waals surface area contributed by atoms with Gasteiger partial charge in [-0.05, 0) is 6.07 Å². The Morgan fingerprint density at radius 2 is 2.00 bits per heavy atom. The van der Waals surface area contributed by atoms with E-state index in [1.54, 1.807) is 0 Å². The van der Waals surface area contributed by atoms with Crippen LogP contribution in [0.5, 0.6) is 5.75 Å². The predicted molar refractivity (Wildman–Crippen MR) is 48.9 cm³/mol. The van der Waals surface area contributed by atoms with Gasteiger partial charge in [-0.3, -0.25) is 0 Å². The van der Waals surface area contributed by atoms with Gasteiger partial charge in [0, 0.05) is 10.7 Å². The minimum absolute atomic E-state index is 0.556. The molecule has 1 aromatic heterocycles. The molecule has 0 amide bonds. The Morgan fingerprint density at radius 1 is 1.47 bits per heavy atom. The third-order valence-electron chi connectivity index (χ3n) is 1.39. The molecule has 1 rings (SSSR count). The topological polar surface area (TPSA) is 67.3 Å². The summed E-state index contributed by atoms with van der Waals surface area (Å²) in [4.78, 5) is 3.00. The van der Waals surface area contributed by atoms with E-state index in [2.05, 4.69) is 4.98 Å². The lowest BCUT2D eigenvalue weighted by Crippen LogP contribution is -2.00. The molecule has 84 valence electrons. The van der Waals surface area contributed by atoms with Gasteiger partial charge in [-0.2, -0.15) is 0 Å². The Hall–Kier alpha value is -0.660. The highest BCUT2D eigenvalue weighted by atomic mass is 35.7. The zero-order chi connectivity index (χ0) is 11.8. The zero-order valence-electron chi connectivity index (χ0n) is 6.79. The van der Waals surface area contributed by atoms with Crippen molar-refractivity contribution in [1.82, 2.24) is 4.98 Å². The predicted octanol–water partition coefficient (Wildman–Crippen LogP) is 2.31. The molecule has 15 heavy (non-hydrogen) atoms. The molecule has 0 unspecified atom stereocenters. The summed E-state index contributed by atoms with van der Waals surface area (Å²) in [7, 11) is 0.440. The maximum atomic E-state index is 12.2. The first-order valence-electron chi connectivity index (χ1n) is 3.35. The van der Waals surface area contributed by atoms with Crippen molar-refractivity contribution < 1.29 is 22.3 Å². The summed E-state index contributed by atoms with van der Waals surface area (Å²) in [6.45, 7) is 0. The molecule has 1 heterocycles. The third-order valence-corrected chi connectivity index (χ3v) is 2.86. The average molecular weight is 278 g/mol. The lowest BCUT2D eigenvalue weighted by atomic mass is 10.3. The van der Waals surface area contributed by atoms with E-state index >= 15 is 0 Å². The van der Waals surface area contributed by atoms with Crippen molar-refractivity contribution in [3.8, 4) is 5.75 Å². The van der Waals surface area contributed by atoms with Gasteiger partial charge in [0.05, 0.1) is 5.02 Å². The van der Waals surface area contributed by atoms with Crippen LogP contribution < -0.4 is 0 Å². The van der Waals surface area contributed by atoms with Crippen LogP contribution in [-0.2, 0) is 9.05 Å². The Bertz CT molecular complexity index is 491. The Labute approximate surface area is 92.9 Å². The molecular weight excluding hydrogens is 275 g/mol. The van der Waals surface area contributed by atoms with Gasteiger partial charge in [0.25, 0.3) is 15.5 Å². The molecule has 1 aromatic rings. The maximum Gasteiger partial charge on any atom is 0.282 e. The van der Waals surface area contributed by atoms with E-state index in [1.165, 1.54) is 0 Å². The second kappa shape index (κ2) is 4.07. The molecule has 0 aliphatic carbocycles. The summed E-state index contributed by atoms with van der Waals surface area (Å²) >= 11 is 5.32. The minimum Gasteiger partial charge on any atom is -0.504 e. The van der Waals surface area contributed by atoms with E-state index in [0.29, 0.717) is 6.07 Å². The molecule has 9 heteroatoms. The van der Waals surface area contributed by atoms with Crippen molar-refractivity contribution in [3.05, 3.63) is 16.8 Å². The molecule has 0 fully saturated rings. The van der Waals surface area contributed by atoms with Crippen LogP contribution in [0, 0.1) is 0 Å². The highest BCUT2D eigenvalue weighted by Gasteiger charge is 2.24. The van der Waals surface area contributed by atoms with E-state index in [0.717, 1.165) is 0 Å². The SMILES string of the molecule is O=S(=O)(Cl)c1nc(C(F)F)cc(Cl)c1O. The van der Waals surface area contributed by atoms with Crippen LogP contribution in [-0.4, -0.2) is 18.5 Å². The summed E-state index contributed by atoms with van der Waals surface area (Å²) in [5.41, 5.74) is -0.878. The van der Waals surface area contributed by atoms with Crippen molar-refractivity contribution in [2.24, 2.45) is 0 Å². The van der Waals surface area contributed by atoms with E-state index in [9.17, 15) is 17.2 Å². The lowest BCUT2D eigenvalue weighted by Gasteiger charge is -2.05. The first-order chi connectivity index (χ1) is 6.73. The van der Waals surface area contributed by atoms with Crippen molar-refractivity contribution in [3.63, 3.8) is 0 Å². The van der Waals surface area contributed by atoms with Crippen LogP contribution in [0.25, 0.3) is 0 Å². The number of alkyl halides is 2. The van der Waals surface area contributed by atoms with Crippen LogP contribution >= 0.6 is 22.3 Å². The maximum absolute atomic E-state index is 12.2. The quantitative estimate of drug-likeness (QED) is 0.843. The molecule has 0 atom stereocenters. The van der Waals surface area contributed by atoms with Gasteiger partial charge in [0.15, 0.2) is 5.75 Å². The second-order valence-electron chi connectivity index (χ2n) is 2.42. The number of nitrogens with zero attached hydrogens (tertiary/aromatic N) is 1. The van der Waals surface area contributed by atoms with Crippen LogP contribution in [0.2, 0.25) is 5.02 Å². The fourth-order valence-electron chi connectivity index (χ4n) is 0.785. The zero-order valence-corrected chi connectivity index (χ0v) is 9.11. The van der Waals surface area contributed by atoms with Gasteiger partial charge in [0.2, 0.25) is 5.03 Å². The Balaban J connectivity index is 3.52. The first kappa shape index (κ1) is 12.4. The fourth-order valence-corrected chi connectivity index (χ4v) is 1.92. The molecule has 0 aliphatic rings. The summed E-state index contributed by atoms with van der Waals surface area (Å²) < 4.78 is 46.1. The molecule has 0 aliphatic heterocycles. The molecule has 0 aromatic carbocycles. The molecule has 0 radical (unpaired) electrons. The molecule has 0 spiro atoms. The number of rotatable bonds is 2. The second-order valence-corrected chi connectivity index (χ2v) is 5.31. The third kappa shape index (κ3) is 2.67. The minimum atomic E-state index is -4.42. The fraction of sp³-hybridized carbons (Fsp3) is 0.167. The molecule has 4 nitrogen and oxygen atoms in total. The largest absolute Gasteiger partial charge is 0.504 e. The highest BCUT2D eigenvalue weighted by molar-refractivity contribution is 8.13. The van der Waals surface area contributed by atoms with Crippen molar-refractivity contribution >= 4 is 31.3 Å². The van der Waals surface area contributed by atoms with Gasteiger partial charge in [-0.15, -0.1) is 0 Å². The monoisotopic (exact) mass is 277 g/mol. The standard InChI is InChI=1S/C6H3Cl2F2NO3S/c7-2-1-3(5(9)10)11-6(4(2)12)15(8,13)14/h1,5,12H. The van der Waals surface area contributed by atoms with Gasteiger partial charge in [-0.1, -0.05) is 11.6 Å². The number of aromatic nitrogens is 1. The smallest absolute Gasteiger partial charge is 0.282 e. The van der Waals surface area contributed by atoms with Crippen LogP contribution in [0.1, 0.15) is 12.1 Å². The highest BCUT2D eigenvalue weighted by Crippen LogP contribution is 2.34. The van der Waals surface area contributed by atoms with E-state index < -0.39 is 37.0 Å². The number of halogens is 4. The number of hydrogen-bond acceptors (Lipinski definition) is 4. The van der Waals surface area contributed by atoms with Gasteiger partial charge >= 0.3 is 0 Å². The number of aromatic hydroxyl groups is 1. The average Bonchev–Trinajstić information content (AvgIpc) is 2.06. The summed E-state index contributed by atoms with van der Waals surface area (Å²) in [6.07, 6.45) is -3.01. The van der Waals surface area contributed by atoms with Crippen molar-refractivity contribution in [2.45, 2.75) is 11.5 Å².